The van der Waals surface area contributed by atoms with Crippen LogP contribution in [0.1, 0.15) is 43.7 Å². The lowest BCUT2D eigenvalue weighted by atomic mass is 9.60. The zero-order valence-electron chi connectivity index (χ0n) is 22.3. The number of carboxylic acid groups (broad SMARTS) is 1. The summed E-state index contributed by atoms with van der Waals surface area (Å²) < 4.78 is 5.60. The second kappa shape index (κ2) is 14.6. The average molecular weight is 580 g/mol. The van der Waals surface area contributed by atoms with Crippen molar-refractivity contribution in [1.29, 1.82) is 0 Å². The van der Waals surface area contributed by atoms with Crippen LogP contribution in [-0.2, 0) is 27.3 Å². The van der Waals surface area contributed by atoms with E-state index in [1.54, 1.807) is 0 Å². The molecule has 1 atom stereocenters. The molecule has 212 valence electrons. The molecule has 1 aromatic carbocycles. The van der Waals surface area contributed by atoms with Crippen LogP contribution in [0.15, 0.2) is 36.5 Å². The summed E-state index contributed by atoms with van der Waals surface area (Å²) in [6, 6.07) is 9.70. The Kier molecular flexibility index (Phi) is 11.5. The fourth-order valence-corrected chi connectivity index (χ4v) is 5.40. The number of benzene rings is 1. The van der Waals surface area contributed by atoms with Crippen molar-refractivity contribution >= 4 is 41.4 Å². The van der Waals surface area contributed by atoms with E-state index in [4.69, 9.17) is 33.0 Å². The van der Waals surface area contributed by atoms with Crippen molar-refractivity contribution in [3.8, 4) is 5.88 Å². The Morgan fingerprint density at radius 1 is 1.26 bits per heavy atom. The zero-order valence-corrected chi connectivity index (χ0v) is 23.8. The minimum absolute atomic E-state index is 0.168. The molecule has 2 aromatic rings. The van der Waals surface area contributed by atoms with E-state index in [-0.39, 0.29) is 23.2 Å². The largest absolute Gasteiger partial charge is 0.481 e. The molecule has 1 unspecified atom stereocenters. The first-order chi connectivity index (χ1) is 18.7. The summed E-state index contributed by atoms with van der Waals surface area (Å²) in [7, 11) is 2.01. The molecular weight excluding hydrogens is 543 g/mol. The number of aldehydes is 1. The number of nitrogens with one attached hydrogen (secondary N) is 2. The van der Waals surface area contributed by atoms with Crippen molar-refractivity contribution in [2.45, 2.75) is 57.7 Å². The molecule has 1 amide bonds. The first kappa shape index (κ1) is 30.8. The summed E-state index contributed by atoms with van der Waals surface area (Å²) in [5.74, 6) is -0.787. The Balaban J connectivity index is 0.000000252. The molecule has 1 aliphatic carbocycles. The molecule has 1 saturated heterocycles. The zero-order chi connectivity index (χ0) is 28.4. The highest BCUT2D eigenvalue weighted by atomic mass is 35.5. The molecule has 0 radical (unpaired) electrons. The van der Waals surface area contributed by atoms with Gasteiger partial charge in [-0.1, -0.05) is 54.4 Å². The first-order valence-corrected chi connectivity index (χ1v) is 13.8. The maximum Gasteiger partial charge on any atom is 0.304 e. The van der Waals surface area contributed by atoms with Crippen LogP contribution in [0.3, 0.4) is 0 Å². The van der Waals surface area contributed by atoms with Crippen LogP contribution in [0.5, 0.6) is 5.88 Å². The topological polar surface area (TPSA) is 121 Å². The van der Waals surface area contributed by atoms with Crippen molar-refractivity contribution in [3.63, 3.8) is 0 Å². The highest BCUT2D eigenvalue weighted by Crippen LogP contribution is 2.48. The SMILES string of the molecule is CCC(Oc1ncc(Cl)cc1Cl)C(=O)NCc1cccc(CC=O)c1.CNC1CC2(C1)CN(CCC(=O)O)C2. The number of rotatable bonds is 12. The van der Waals surface area contributed by atoms with Gasteiger partial charge in [-0.25, -0.2) is 4.98 Å². The van der Waals surface area contributed by atoms with E-state index in [0.717, 1.165) is 37.0 Å². The number of halogens is 2. The third-order valence-corrected chi connectivity index (χ3v) is 7.47. The van der Waals surface area contributed by atoms with Crippen LogP contribution in [-0.4, -0.2) is 72.0 Å². The number of pyridine rings is 1. The molecule has 0 bridgehead atoms. The van der Waals surface area contributed by atoms with E-state index in [2.05, 4.69) is 20.5 Å². The number of hydrogen-bond acceptors (Lipinski definition) is 7. The summed E-state index contributed by atoms with van der Waals surface area (Å²) in [6.07, 6.45) is 5.17. The van der Waals surface area contributed by atoms with Gasteiger partial charge in [0, 0.05) is 44.8 Å². The molecule has 11 heteroatoms. The average Bonchev–Trinajstić information content (AvgIpc) is 2.86. The van der Waals surface area contributed by atoms with E-state index >= 15 is 0 Å². The normalized spacial score (nSPS) is 16.7. The molecule has 4 rings (SSSR count). The Morgan fingerprint density at radius 2 is 1.97 bits per heavy atom. The summed E-state index contributed by atoms with van der Waals surface area (Å²) in [5.41, 5.74) is 2.36. The fraction of sp³-hybridized carbons (Fsp3) is 0.500. The number of likely N-dealkylation sites (tertiary alicyclic amines) is 1. The smallest absolute Gasteiger partial charge is 0.304 e. The van der Waals surface area contributed by atoms with Gasteiger partial charge in [0.15, 0.2) is 6.10 Å². The van der Waals surface area contributed by atoms with Gasteiger partial charge in [-0.05, 0) is 48.9 Å². The molecule has 9 nitrogen and oxygen atoms in total. The van der Waals surface area contributed by atoms with Gasteiger partial charge >= 0.3 is 5.97 Å². The molecule has 1 spiro atoms. The van der Waals surface area contributed by atoms with Crippen LogP contribution < -0.4 is 15.4 Å². The van der Waals surface area contributed by atoms with Crippen molar-refractivity contribution in [2.24, 2.45) is 5.41 Å². The predicted molar refractivity (Wildman–Crippen MR) is 150 cm³/mol. The van der Waals surface area contributed by atoms with Crippen LogP contribution in [0, 0.1) is 5.41 Å². The minimum Gasteiger partial charge on any atom is -0.481 e. The first-order valence-electron chi connectivity index (χ1n) is 13.0. The van der Waals surface area contributed by atoms with Gasteiger partial charge in [-0.3, -0.25) is 9.59 Å². The second-order valence-electron chi connectivity index (χ2n) is 10.1. The van der Waals surface area contributed by atoms with Gasteiger partial charge in [-0.15, -0.1) is 0 Å². The van der Waals surface area contributed by atoms with Crippen molar-refractivity contribution in [1.82, 2.24) is 20.5 Å². The molecule has 39 heavy (non-hydrogen) atoms. The van der Waals surface area contributed by atoms with Crippen LogP contribution in [0.2, 0.25) is 10.0 Å². The third-order valence-electron chi connectivity index (χ3n) is 7.00. The highest BCUT2D eigenvalue weighted by Gasteiger charge is 2.51. The van der Waals surface area contributed by atoms with E-state index in [9.17, 15) is 14.4 Å². The number of carboxylic acids is 1. The molecule has 2 fully saturated rings. The van der Waals surface area contributed by atoms with Crippen molar-refractivity contribution in [3.05, 3.63) is 57.7 Å². The number of ether oxygens (including phenoxy) is 1. The Hall–Kier alpha value is -2.72. The summed E-state index contributed by atoms with van der Waals surface area (Å²) in [5, 5.41) is 15.3. The van der Waals surface area contributed by atoms with Crippen molar-refractivity contribution in [2.75, 3.05) is 26.7 Å². The number of aromatic nitrogens is 1. The summed E-state index contributed by atoms with van der Waals surface area (Å²) in [6.45, 7) is 5.12. The lowest BCUT2D eigenvalue weighted by molar-refractivity contribution is -0.139. The van der Waals surface area contributed by atoms with Gasteiger partial charge in [0.05, 0.1) is 11.4 Å². The van der Waals surface area contributed by atoms with Crippen molar-refractivity contribution < 1.29 is 24.2 Å². The van der Waals surface area contributed by atoms with Gasteiger partial charge in [0.2, 0.25) is 5.88 Å². The summed E-state index contributed by atoms with van der Waals surface area (Å²) in [4.78, 5) is 39.5. The van der Waals surface area contributed by atoms with E-state index in [1.165, 1.54) is 25.1 Å². The maximum absolute atomic E-state index is 12.4. The second-order valence-corrected chi connectivity index (χ2v) is 11.0. The molecule has 3 N–H and O–H groups in total. The van der Waals surface area contributed by atoms with Crippen LogP contribution in [0.4, 0.5) is 0 Å². The van der Waals surface area contributed by atoms with Gasteiger partial charge in [0.1, 0.15) is 11.3 Å². The fourth-order valence-electron chi connectivity index (χ4n) is 4.97. The molecule has 1 aliphatic heterocycles. The van der Waals surface area contributed by atoms with E-state index in [1.807, 2.05) is 38.2 Å². The predicted octanol–water partition coefficient (Wildman–Crippen LogP) is 3.75. The monoisotopic (exact) mass is 578 g/mol. The highest BCUT2D eigenvalue weighted by molar-refractivity contribution is 6.35. The molecular formula is C28H36Cl2N4O5. The Labute approximate surface area is 239 Å². The van der Waals surface area contributed by atoms with Crippen LogP contribution >= 0.6 is 23.2 Å². The number of amides is 1. The van der Waals surface area contributed by atoms with Gasteiger partial charge < -0.3 is 30.2 Å². The number of carbonyl (C=O) groups excluding carboxylic acids is 2. The number of hydrogen-bond donors (Lipinski definition) is 3. The van der Waals surface area contributed by atoms with Gasteiger partial charge in [0.25, 0.3) is 5.91 Å². The van der Waals surface area contributed by atoms with E-state index in [0.29, 0.717) is 35.9 Å². The lowest BCUT2D eigenvalue weighted by Gasteiger charge is -2.59. The number of aliphatic carboxylic acids is 1. The number of nitrogens with zero attached hydrogens (tertiary/aromatic N) is 2. The quantitative estimate of drug-likeness (QED) is 0.326. The third kappa shape index (κ3) is 9.17. The maximum atomic E-state index is 12.4. The molecule has 2 aliphatic rings. The van der Waals surface area contributed by atoms with Crippen LogP contribution in [0.25, 0.3) is 0 Å². The Bertz CT molecular complexity index is 1130. The Morgan fingerprint density at radius 3 is 2.59 bits per heavy atom. The minimum atomic E-state index is -0.718. The molecule has 1 saturated carbocycles. The summed E-state index contributed by atoms with van der Waals surface area (Å²) >= 11 is 11.8. The molecule has 2 heterocycles. The standard InChI is InChI=1S/C18H18Cl2N2O3.C10H18N2O2/c1-2-16(25-18-15(20)9-14(19)11-22-18)17(24)21-10-13-5-3-4-12(8-13)6-7-23;1-11-8-4-10(5-8)6-12(7-10)3-2-9(13)14/h3-5,7-9,11,16H,2,6,10H2,1H3,(H,21,24);8,11H,2-7H2,1H3,(H,13,14). The number of carbonyl (C=O) groups is 3. The van der Waals surface area contributed by atoms with E-state index < -0.39 is 12.1 Å². The lowest BCUT2D eigenvalue weighted by Crippen LogP contribution is -2.65. The molecule has 1 aromatic heterocycles. The van der Waals surface area contributed by atoms with Gasteiger partial charge in [-0.2, -0.15) is 0 Å².